The van der Waals surface area contributed by atoms with E-state index in [1.807, 2.05) is 6.92 Å². The first-order chi connectivity index (χ1) is 6.32. The standard InChI is InChI=1S/C11H22N2O/c1-7-5-11(3,4)6-9(7)13-8(2)10(12)14/h7-9,13H,5-6H2,1-4H3,(H2,12,14)/t7?,8-,9?/m1/s1. The molecule has 1 aliphatic rings. The van der Waals surface area contributed by atoms with Crippen molar-refractivity contribution < 1.29 is 4.79 Å². The third-order valence-corrected chi connectivity index (χ3v) is 3.22. The normalized spacial score (nSPS) is 32.9. The average molecular weight is 198 g/mol. The fourth-order valence-corrected chi connectivity index (χ4v) is 2.52. The maximum Gasteiger partial charge on any atom is 0.234 e. The third kappa shape index (κ3) is 2.71. The summed E-state index contributed by atoms with van der Waals surface area (Å²) in [5.74, 6) is 0.369. The highest BCUT2D eigenvalue weighted by atomic mass is 16.1. The van der Waals surface area contributed by atoms with E-state index in [2.05, 4.69) is 26.1 Å². The third-order valence-electron chi connectivity index (χ3n) is 3.22. The zero-order chi connectivity index (χ0) is 10.9. The van der Waals surface area contributed by atoms with Crippen LogP contribution >= 0.6 is 0 Å². The summed E-state index contributed by atoms with van der Waals surface area (Å²) in [5.41, 5.74) is 5.62. The van der Waals surface area contributed by atoms with E-state index in [0.717, 1.165) is 6.42 Å². The number of carbonyl (C=O) groups is 1. The molecule has 1 saturated carbocycles. The van der Waals surface area contributed by atoms with E-state index in [0.29, 0.717) is 17.4 Å². The van der Waals surface area contributed by atoms with Crippen molar-refractivity contribution in [1.82, 2.24) is 5.32 Å². The van der Waals surface area contributed by atoms with E-state index < -0.39 is 0 Å². The Hall–Kier alpha value is -0.570. The minimum absolute atomic E-state index is 0.212. The molecule has 0 spiro atoms. The van der Waals surface area contributed by atoms with Crippen molar-refractivity contribution in [3.8, 4) is 0 Å². The first-order valence-corrected chi connectivity index (χ1v) is 5.37. The van der Waals surface area contributed by atoms with E-state index in [-0.39, 0.29) is 11.9 Å². The van der Waals surface area contributed by atoms with Crippen LogP contribution < -0.4 is 11.1 Å². The fraction of sp³-hybridized carbons (Fsp3) is 0.909. The zero-order valence-electron chi connectivity index (χ0n) is 9.63. The van der Waals surface area contributed by atoms with Gasteiger partial charge in [0.05, 0.1) is 6.04 Å². The molecular formula is C11H22N2O. The number of primary amides is 1. The summed E-state index contributed by atoms with van der Waals surface area (Å²) in [5, 5.41) is 3.31. The summed E-state index contributed by atoms with van der Waals surface area (Å²) in [6, 6.07) is 0.226. The van der Waals surface area contributed by atoms with Crippen molar-refractivity contribution in [2.75, 3.05) is 0 Å². The topological polar surface area (TPSA) is 55.1 Å². The first kappa shape index (κ1) is 11.5. The van der Waals surface area contributed by atoms with Gasteiger partial charge in [-0.15, -0.1) is 0 Å². The smallest absolute Gasteiger partial charge is 0.234 e. The van der Waals surface area contributed by atoms with Crippen molar-refractivity contribution in [2.45, 2.75) is 52.6 Å². The van der Waals surface area contributed by atoms with Gasteiger partial charge in [0, 0.05) is 6.04 Å². The molecular weight excluding hydrogens is 176 g/mol. The maximum absolute atomic E-state index is 10.9. The summed E-state index contributed by atoms with van der Waals surface area (Å²) in [7, 11) is 0. The highest BCUT2D eigenvalue weighted by molar-refractivity contribution is 5.79. The predicted octanol–water partition coefficient (Wildman–Crippen LogP) is 1.27. The van der Waals surface area contributed by atoms with E-state index in [1.54, 1.807) is 0 Å². The summed E-state index contributed by atoms with van der Waals surface area (Å²) >= 11 is 0. The Morgan fingerprint density at radius 3 is 2.43 bits per heavy atom. The number of carbonyl (C=O) groups excluding carboxylic acids is 1. The van der Waals surface area contributed by atoms with E-state index in [4.69, 9.17) is 5.73 Å². The van der Waals surface area contributed by atoms with E-state index in [9.17, 15) is 4.79 Å². The van der Waals surface area contributed by atoms with Gasteiger partial charge in [-0.05, 0) is 31.1 Å². The Morgan fingerprint density at radius 1 is 1.50 bits per heavy atom. The number of hydrogen-bond donors (Lipinski definition) is 2. The molecule has 1 aliphatic carbocycles. The van der Waals surface area contributed by atoms with Crippen LogP contribution in [0.2, 0.25) is 0 Å². The van der Waals surface area contributed by atoms with Crippen LogP contribution in [0, 0.1) is 11.3 Å². The van der Waals surface area contributed by atoms with Crippen molar-refractivity contribution >= 4 is 5.91 Å². The molecule has 0 aromatic carbocycles. The van der Waals surface area contributed by atoms with Crippen LogP contribution in [0.25, 0.3) is 0 Å². The van der Waals surface area contributed by atoms with Gasteiger partial charge >= 0.3 is 0 Å². The molecule has 0 saturated heterocycles. The average Bonchev–Trinajstić information content (AvgIpc) is 2.24. The van der Waals surface area contributed by atoms with Gasteiger partial charge in [0.15, 0.2) is 0 Å². The summed E-state index contributed by atoms with van der Waals surface area (Å²) in [4.78, 5) is 10.9. The molecule has 0 aliphatic heterocycles. The molecule has 0 bridgehead atoms. The molecule has 3 nitrogen and oxygen atoms in total. The van der Waals surface area contributed by atoms with Gasteiger partial charge in [-0.2, -0.15) is 0 Å². The van der Waals surface area contributed by atoms with Gasteiger partial charge in [0.25, 0.3) is 0 Å². The van der Waals surface area contributed by atoms with Gasteiger partial charge < -0.3 is 11.1 Å². The molecule has 14 heavy (non-hydrogen) atoms. The molecule has 1 fully saturated rings. The molecule has 3 N–H and O–H groups in total. The molecule has 82 valence electrons. The van der Waals surface area contributed by atoms with E-state index in [1.165, 1.54) is 6.42 Å². The van der Waals surface area contributed by atoms with Gasteiger partial charge in [-0.1, -0.05) is 20.8 Å². The van der Waals surface area contributed by atoms with Crippen LogP contribution in [0.5, 0.6) is 0 Å². The highest BCUT2D eigenvalue weighted by Crippen LogP contribution is 2.40. The number of hydrogen-bond acceptors (Lipinski definition) is 2. The Labute approximate surface area is 86.4 Å². The highest BCUT2D eigenvalue weighted by Gasteiger charge is 2.37. The number of nitrogens with one attached hydrogen (secondary N) is 1. The second-order valence-electron chi connectivity index (χ2n) is 5.45. The minimum Gasteiger partial charge on any atom is -0.368 e. The minimum atomic E-state index is -0.262. The van der Waals surface area contributed by atoms with Crippen LogP contribution in [0.1, 0.15) is 40.5 Å². The lowest BCUT2D eigenvalue weighted by Gasteiger charge is -2.21. The Kier molecular flexibility index (Phi) is 3.20. The molecule has 3 atom stereocenters. The van der Waals surface area contributed by atoms with Crippen molar-refractivity contribution in [2.24, 2.45) is 17.1 Å². The Morgan fingerprint density at radius 2 is 2.07 bits per heavy atom. The van der Waals surface area contributed by atoms with Gasteiger partial charge in [0.1, 0.15) is 0 Å². The Bertz CT molecular complexity index is 225. The summed E-state index contributed by atoms with van der Waals surface area (Å²) in [6.07, 6.45) is 2.35. The summed E-state index contributed by atoms with van der Waals surface area (Å²) in [6.45, 7) is 8.63. The van der Waals surface area contributed by atoms with Crippen LogP contribution in [-0.2, 0) is 4.79 Å². The quantitative estimate of drug-likeness (QED) is 0.717. The molecule has 2 unspecified atom stereocenters. The van der Waals surface area contributed by atoms with E-state index >= 15 is 0 Å². The molecule has 1 rings (SSSR count). The SMILES string of the molecule is CC1CC(C)(C)CC1N[C@H](C)C(N)=O. The van der Waals surface area contributed by atoms with Crippen LogP contribution in [0.15, 0.2) is 0 Å². The Balaban J connectivity index is 2.51. The van der Waals surface area contributed by atoms with Crippen LogP contribution in [-0.4, -0.2) is 18.0 Å². The maximum atomic E-state index is 10.9. The number of amides is 1. The lowest BCUT2D eigenvalue weighted by atomic mass is 9.91. The second kappa shape index (κ2) is 3.89. The summed E-state index contributed by atoms with van der Waals surface area (Å²) < 4.78 is 0. The van der Waals surface area contributed by atoms with Gasteiger partial charge in [-0.3, -0.25) is 4.79 Å². The molecule has 0 radical (unpaired) electrons. The largest absolute Gasteiger partial charge is 0.368 e. The number of rotatable bonds is 3. The molecule has 0 aromatic heterocycles. The van der Waals surface area contributed by atoms with Crippen molar-refractivity contribution in [1.29, 1.82) is 0 Å². The van der Waals surface area contributed by atoms with Crippen LogP contribution in [0.4, 0.5) is 0 Å². The van der Waals surface area contributed by atoms with Gasteiger partial charge in [0.2, 0.25) is 5.91 Å². The zero-order valence-corrected chi connectivity index (χ0v) is 9.63. The number of nitrogens with two attached hydrogens (primary N) is 1. The molecule has 1 amide bonds. The lowest BCUT2D eigenvalue weighted by molar-refractivity contribution is -0.119. The van der Waals surface area contributed by atoms with Crippen LogP contribution in [0.3, 0.4) is 0 Å². The molecule has 0 heterocycles. The monoisotopic (exact) mass is 198 g/mol. The van der Waals surface area contributed by atoms with Crippen molar-refractivity contribution in [3.63, 3.8) is 0 Å². The molecule has 3 heteroatoms. The lowest BCUT2D eigenvalue weighted by Crippen LogP contribution is -2.45. The van der Waals surface area contributed by atoms with Gasteiger partial charge in [-0.25, -0.2) is 0 Å². The fourth-order valence-electron chi connectivity index (χ4n) is 2.52. The first-order valence-electron chi connectivity index (χ1n) is 5.37. The van der Waals surface area contributed by atoms with Crippen molar-refractivity contribution in [3.05, 3.63) is 0 Å². The molecule has 0 aromatic rings. The second-order valence-corrected chi connectivity index (χ2v) is 5.45. The predicted molar refractivity (Wildman–Crippen MR) is 57.8 cm³/mol.